The molecule has 0 saturated carbocycles. The first-order valence-corrected chi connectivity index (χ1v) is 7.44. The minimum Gasteiger partial charge on any atom is -0.370 e. The number of aryl methyl sites for hydroxylation is 1. The summed E-state index contributed by atoms with van der Waals surface area (Å²) in [4.78, 5) is 8.95. The van der Waals surface area contributed by atoms with E-state index in [4.69, 9.17) is 0 Å². The molecule has 0 fully saturated rings. The topological polar surface area (TPSA) is 49.8 Å². The van der Waals surface area contributed by atoms with Crippen LogP contribution in [0.1, 0.15) is 19.7 Å². The van der Waals surface area contributed by atoms with Gasteiger partial charge >= 0.3 is 0 Å². The highest BCUT2D eigenvalue weighted by atomic mass is 127. The van der Waals surface area contributed by atoms with Crippen LogP contribution in [0, 0.1) is 3.57 Å². The first-order chi connectivity index (χ1) is 9.22. The summed E-state index contributed by atoms with van der Waals surface area (Å²) in [7, 11) is 0. The Morgan fingerprint density at radius 2 is 1.84 bits per heavy atom. The Morgan fingerprint density at radius 1 is 1.11 bits per heavy atom. The zero-order chi connectivity index (χ0) is 13.7. The molecule has 19 heavy (non-hydrogen) atoms. The lowest BCUT2D eigenvalue weighted by atomic mass is 10.3. The number of hydrogen-bond acceptors (Lipinski definition) is 4. The Balaban J connectivity index is 2.29. The lowest BCUT2D eigenvalue weighted by Gasteiger charge is -2.11. The van der Waals surface area contributed by atoms with Gasteiger partial charge in [0.05, 0.1) is 5.69 Å². The fraction of sp³-hybridized carbons (Fsp3) is 0.286. The summed E-state index contributed by atoms with van der Waals surface area (Å²) in [6.07, 6.45) is 0.819. The van der Waals surface area contributed by atoms with Gasteiger partial charge in [-0.05, 0) is 41.6 Å². The van der Waals surface area contributed by atoms with Crippen LogP contribution in [0.4, 0.5) is 17.3 Å². The van der Waals surface area contributed by atoms with Crippen LogP contribution in [0.15, 0.2) is 30.3 Å². The van der Waals surface area contributed by atoms with E-state index in [0.717, 1.165) is 36.1 Å². The second-order valence-electron chi connectivity index (χ2n) is 4.04. The minimum absolute atomic E-state index is 0.819. The number of benzene rings is 1. The molecular formula is C14H17IN4. The molecular weight excluding hydrogens is 351 g/mol. The van der Waals surface area contributed by atoms with Crippen LogP contribution in [-0.2, 0) is 6.42 Å². The first kappa shape index (κ1) is 14.0. The number of hydrogen-bond donors (Lipinski definition) is 2. The van der Waals surface area contributed by atoms with Crippen LogP contribution >= 0.6 is 22.6 Å². The maximum absolute atomic E-state index is 4.50. The van der Waals surface area contributed by atoms with Crippen LogP contribution in [0.3, 0.4) is 0 Å². The number of aromatic nitrogens is 2. The average Bonchev–Trinajstić information content (AvgIpc) is 2.41. The molecule has 0 amide bonds. The van der Waals surface area contributed by atoms with Crippen molar-refractivity contribution in [2.45, 2.75) is 20.3 Å². The van der Waals surface area contributed by atoms with Crippen molar-refractivity contribution >= 4 is 39.9 Å². The van der Waals surface area contributed by atoms with Gasteiger partial charge in [0.1, 0.15) is 17.5 Å². The van der Waals surface area contributed by atoms with E-state index >= 15 is 0 Å². The zero-order valence-electron chi connectivity index (χ0n) is 11.1. The number of para-hydroxylation sites is 1. The van der Waals surface area contributed by atoms with Crippen molar-refractivity contribution in [3.63, 3.8) is 0 Å². The third-order valence-corrected chi connectivity index (χ3v) is 3.52. The van der Waals surface area contributed by atoms with Gasteiger partial charge in [-0.25, -0.2) is 9.97 Å². The van der Waals surface area contributed by atoms with Crippen LogP contribution in [0.5, 0.6) is 0 Å². The van der Waals surface area contributed by atoms with Gasteiger partial charge in [0.2, 0.25) is 0 Å². The monoisotopic (exact) mass is 368 g/mol. The molecule has 0 aliphatic rings. The fourth-order valence-electron chi connectivity index (χ4n) is 1.69. The van der Waals surface area contributed by atoms with Crippen LogP contribution in [0.2, 0.25) is 0 Å². The van der Waals surface area contributed by atoms with Crippen LogP contribution in [-0.4, -0.2) is 16.5 Å². The quantitative estimate of drug-likeness (QED) is 0.788. The summed E-state index contributed by atoms with van der Waals surface area (Å²) < 4.78 is 1.17. The molecule has 2 aromatic rings. The van der Waals surface area contributed by atoms with E-state index in [9.17, 15) is 0 Å². The lowest BCUT2D eigenvalue weighted by Crippen LogP contribution is -2.06. The second kappa shape index (κ2) is 6.70. The maximum Gasteiger partial charge on any atom is 0.136 e. The smallest absolute Gasteiger partial charge is 0.136 e. The van der Waals surface area contributed by atoms with Gasteiger partial charge < -0.3 is 10.6 Å². The number of rotatable bonds is 5. The van der Waals surface area contributed by atoms with Crippen LogP contribution < -0.4 is 10.6 Å². The molecule has 2 N–H and O–H groups in total. The van der Waals surface area contributed by atoms with Crippen molar-refractivity contribution in [2.24, 2.45) is 0 Å². The largest absolute Gasteiger partial charge is 0.370 e. The molecule has 0 saturated heterocycles. The molecule has 0 radical (unpaired) electrons. The molecule has 0 unspecified atom stereocenters. The Morgan fingerprint density at radius 3 is 2.53 bits per heavy atom. The van der Waals surface area contributed by atoms with Gasteiger partial charge in [-0.15, -0.1) is 0 Å². The first-order valence-electron chi connectivity index (χ1n) is 6.36. The normalized spacial score (nSPS) is 10.3. The van der Waals surface area contributed by atoms with Crippen molar-refractivity contribution < 1.29 is 0 Å². The number of anilines is 3. The van der Waals surface area contributed by atoms with Gasteiger partial charge in [-0.2, -0.15) is 0 Å². The number of halogens is 1. The van der Waals surface area contributed by atoms with Gasteiger partial charge in [-0.3, -0.25) is 0 Å². The highest BCUT2D eigenvalue weighted by Gasteiger charge is 2.05. The third-order valence-electron chi connectivity index (χ3n) is 2.58. The molecule has 100 valence electrons. The molecule has 0 spiro atoms. The van der Waals surface area contributed by atoms with Crippen molar-refractivity contribution in [3.8, 4) is 0 Å². The molecule has 0 aliphatic carbocycles. The van der Waals surface area contributed by atoms with E-state index in [-0.39, 0.29) is 0 Å². The van der Waals surface area contributed by atoms with E-state index in [2.05, 4.69) is 63.1 Å². The highest BCUT2D eigenvalue weighted by molar-refractivity contribution is 14.1. The van der Waals surface area contributed by atoms with Crippen molar-refractivity contribution in [2.75, 3.05) is 17.2 Å². The van der Waals surface area contributed by atoms with Gasteiger partial charge in [0.15, 0.2) is 0 Å². The van der Waals surface area contributed by atoms with Gasteiger partial charge in [0.25, 0.3) is 0 Å². The average molecular weight is 368 g/mol. The summed E-state index contributed by atoms with van der Waals surface area (Å²) >= 11 is 2.31. The summed E-state index contributed by atoms with van der Waals surface area (Å²) in [5.74, 6) is 2.53. The Labute approximate surface area is 127 Å². The zero-order valence-corrected chi connectivity index (χ0v) is 13.2. The van der Waals surface area contributed by atoms with E-state index in [1.807, 2.05) is 24.3 Å². The standard InChI is InChI=1S/C14H17IN4/c1-3-12-18-13(16-4-2)9-14(19-12)17-11-8-6-5-7-10(11)15/h5-9H,3-4H2,1-2H3,(H2,16,17,18,19). The second-order valence-corrected chi connectivity index (χ2v) is 5.21. The predicted octanol–water partition coefficient (Wildman–Crippen LogP) is 3.82. The van der Waals surface area contributed by atoms with Gasteiger partial charge in [-0.1, -0.05) is 19.1 Å². The summed E-state index contributed by atoms with van der Waals surface area (Å²) in [6.45, 7) is 4.96. The predicted molar refractivity (Wildman–Crippen MR) is 88.0 cm³/mol. The van der Waals surface area contributed by atoms with Crippen molar-refractivity contribution in [3.05, 3.63) is 39.7 Å². The molecule has 2 rings (SSSR count). The Bertz CT molecular complexity index is 557. The van der Waals surface area contributed by atoms with Crippen molar-refractivity contribution in [1.82, 2.24) is 9.97 Å². The van der Waals surface area contributed by atoms with Gasteiger partial charge in [0, 0.05) is 22.6 Å². The fourth-order valence-corrected chi connectivity index (χ4v) is 2.21. The molecule has 4 nitrogen and oxygen atoms in total. The third kappa shape index (κ3) is 3.79. The maximum atomic E-state index is 4.50. The minimum atomic E-state index is 0.819. The molecule has 1 aromatic heterocycles. The van der Waals surface area contributed by atoms with E-state index in [1.54, 1.807) is 0 Å². The summed E-state index contributed by atoms with van der Waals surface area (Å²) in [6, 6.07) is 10.1. The van der Waals surface area contributed by atoms with E-state index < -0.39 is 0 Å². The lowest BCUT2D eigenvalue weighted by molar-refractivity contribution is 0.939. The molecule has 0 bridgehead atoms. The number of nitrogens with zero attached hydrogens (tertiary/aromatic N) is 2. The van der Waals surface area contributed by atoms with Crippen molar-refractivity contribution in [1.29, 1.82) is 0 Å². The molecule has 0 atom stereocenters. The van der Waals surface area contributed by atoms with E-state index in [0.29, 0.717) is 0 Å². The number of nitrogens with one attached hydrogen (secondary N) is 2. The SMILES string of the molecule is CCNc1cc(Nc2ccccc2I)nc(CC)n1. The molecule has 0 aliphatic heterocycles. The summed E-state index contributed by atoms with van der Waals surface area (Å²) in [5, 5.41) is 6.58. The Hall–Kier alpha value is -1.37. The molecule has 1 heterocycles. The van der Waals surface area contributed by atoms with Crippen LogP contribution in [0.25, 0.3) is 0 Å². The highest BCUT2D eigenvalue weighted by Crippen LogP contribution is 2.22. The summed E-state index contributed by atoms with van der Waals surface area (Å²) in [5.41, 5.74) is 1.06. The molecule has 1 aromatic carbocycles. The molecule has 5 heteroatoms. The van der Waals surface area contributed by atoms with E-state index in [1.165, 1.54) is 3.57 Å². The Kier molecular flexibility index (Phi) is 4.95.